The average Bonchev–Trinajstić information content (AvgIpc) is 2.16. The van der Waals surface area contributed by atoms with Crippen LogP contribution >= 0.6 is 0 Å². The summed E-state index contributed by atoms with van der Waals surface area (Å²) in [5.41, 5.74) is 3.02. The monoisotopic (exact) mass is 178 g/mol. The highest BCUT2D eigenvalue weighted by atomic mass is 14.2. The van der Waals surface area contributed by atoms with Gasteiger partial charge in [0, 0.05) is 0 Å². The van der Waals surface area contributed by atoms with Crippen LogP contribution in [0.5, 0.6) is 0 Å². The van der Waals surface area contributed by atoms with Gasteiger partial charge in [0.2, 0.25) is 0 Å². The van der Waals surface area contributed by atoms with Crippen LogP contribution in [0, 0.1) is 5.92 Å². The van der Waals surface area contributed by atoms with Gasteiger partial charge < -0.3 is 0 Å². The van der Waals surface area contributed by atoms with E-state index >= 15 is 0 Å². The number of hydrogen-bond acceptors (Lipinski definition) is 0. The predicted molar refractivity (Wildman–Crippen MR) is 59.8 cm³/mol. The zero-order valence-corrected chi connectivity index (χ0v) is 9.10. The van der Waals surface area contributed by atoms with E-state index in [0.29, 0.717) is 0 Å². The summed E-state index contributed by atoms with van der Waals surface area (Å²) < 4.78 is 0. The first-order chi connectivity index (χ1) is 6.24. The van der Waals surface area contributed by atoms with E-state index in [1.165, 1.54) is 49.7 Å². The third-order valence-corrected chi connectivity index (χ3v) is 3.19. The molecule has 0 N–H and O–H groups in total. The molecule has 0 spiro atoms. The molecular weight excluding hydrogens is 156 g/mol. The highest BCUT2D eigenvalue weighted by molar-refractivity contribution is 5.08. The molecule has 1 atom stereocenters. The highest BCUT2D eigenvalue weighted by Crippen LogP contribution is 2.30. The van der Waals surface area contributed by atoms with Crippen LogP contribution in [0.4, 0.5) is 0 Å². The maximum absolute atomic E-state index is 4.17. The summed E-state index contributed by atoms with van der Waals surface area (Å²) in [5.74, 6) is 0.787. The maximum Gasteiger partial charge on any atom is -0.0171 e. The minimum Gasteiger partial charge on any atom is -0.0996 e. The van der Waals surface area contributed by atoms with Crippen LogP contribution in [0.25, 0.3) is 0 Å². The molecule has 0 bridgehead atoms. The number of hydrogen-bond donors (Lipinski definition) is 0. The van der Waals surface area contributed by atoms with Crippen molar-refractivity contribution in [3.05, 3.63) is 23.8 Å². The lowest BCUT2D eigenvalue weighted by Gasteiger charge is -2.23. The topological polar surface area (TPSA) is 0 Å². The van der Waals surface area contributed by atoms with Crippen molar-refractivity contribution < 1.29 is 0 Å². The zero-order valence-electron chi connectivity index (χ0n) is 9.10. The predicted octanol–water partition coefficient (Wildman–Crippen LogP) is 4.48. The number of rotatable bonds is 3. The van der Waals surface area contributed by atoms with Gasteiger partial charge in [-0.25, -0.2) is 0 Å². The summed E-state index contributed by atoms with van der Waals surface area (Å²) in [7, 11) is 0. The molecule has 74 valence electrons. The Hall–Kier alpha value is -0.520. The van der Waals surface area contributed by atoms with E-state index in [9.17, 15) is 0 Å². The Kier molecular flexibility index (Phi) is 4.27. The first-order valence-corrected chi connectivity index (χ1v) is 5.57. The van der Waals surface area contributed by atoms with Crippen LogP contribution < -0.4 is 0 Å². The van der Waals surface area contributed by atoms with Crippen LogP contribution in [-0.4, -0.2) is 0 Å². The largest absolute Gasteiger partial charge is 0.0996 e. The summed E-state index contributed by atoms with van der Waals surface area (Å²) >= 11 is 0. The normalized spacial score (nSPS) is 24.9. The molecule has 0 radical (unpaired) electrons. The van der Waals surface area contributed by atoms with Gasteiger partial charge in [-0.2, -0.15) is 0 Å². The fraction of sp³-hybridized carbons (Fsp3) is 0.692. The zero-order chi connectivity index (χ0) is 9.68. The Morgan fingerprint density at radius 2 is 2.31 bits per heavy atom. The van der Waals surface area contributed by atoms with Crippen molar-refractivity contribution in [2.24, 2.45) is 5.92 Å². The van der Waals surface area contributed by atoms with Gasteiger partial charge in [-0.1, -0.05) is 37.1 Å². The van der Waals surface area contributed by atoms with Gasteiger partial charge in [-0.15, -0.1) is 0 Å². The second kappa shape index (κ2) is 5.26. The van der Waals surface area contributed by atoms with Gasteiger partial charge in [0.05, 0.1) is 0 Å². The SMILES string of the molecule is C=C1CCCCC1C/C=C(/C)CC. The smallest absolute Gasteiger partial charge is 0.0171 e. The van der Waals surface area contributed by atoms with Gasteiger partial charge in [-0.3, -0.25) is 0 Å². The Bertz CT molecular complexity index is 198. The van der Waals surface area contributed by atoms with E-state index in [2.05, 4.69) is 26.5 Å². The Balaban J connectivity index is 2.39. The molecular formula is C13H22. The quantitative estimate of drug-likeness (QED) is 0.559. The van der Waals surface area contributed by atoms with Crippen molar-refractivity contribution in [1.29, 1.82) is 0 Å². The molecule has 0 aliphatic heterocycles. The molecule has 0 heterocycles. The van der Waals surface area contributed by atoms with E-state index in [1.807, 2.05) is 0 Å². The molecule has 1 aliphatic carbocycles. The first kappa shape index (κ1) is 10.6. The summed E-state index contributed by atoms with van der Waals surface area (Å²) in [4.78, 5) is 0. The van der Waals surface area contributed by atoms with Gasteiger partial charge in [0.25, 0.3) is 0 Å². The van der Waals surface area contributed by atoms with E-state index in [-0.39, 0.29) is 0 Å². The van der Waals surface area contributed by atoms with Gasteiger partial charge in [0.15, 0.2) is 0 Å². The molecule has 1 rings (SSSR count). The lowest BCUT2D eigenvalue weighted by Crippen LogP contribution is -2.08. The summed E-state index contributed by atoms with van der Waals surface area (Å²) in [6, 6.07) is 0. The molecule has 0 aromatic carbocycles. The lowest BCUT2D eigenvalue weighted by atomic mass is 9.83. The average molecular weight is 178 g/mol. The van der Waals surface area contributed by atoms with E-state index in [4.69, 9.17) is 0 Å². The minimum atomic E-state index is 0.787. The molecule has 1 fully saturated rings. The summed E-state index contributed by atoms with van der Waals surface area (Å²) in [6.45, 7) is 8.62. The molecule has 0 heteroatoms. The van der Waals surface area contributed by atoms with Gasteiger partial charge in [-0.05, 0) is 44.9 Å². The molecule has 0 nitrogen and oxygen atoms in total. The first-order valence-electron chi connectivity index (χ1n) is 5.57. The van der Waals surface area contributed by atoms with E-state index < -0.39 is 0 Å². The molecule has 1 saturated carbocycles. The highest BCUT2D eigenvalue weighted by Gasteiger charge is 2.15. The van der Waals surface area contributed by atoms with Crippen molar-refractivity contribution in [1.82, 2.24) is 0 Å². The second-order valence-electron chi connectivity index (χ2n) is 4.24. The summed E-state index contributed by atoms with van der Waals surface area (Å²) in [5, 5.41) is 0. The molecule has 1 aliphatic rings. The van der Waals surface area contributed by atoms with Gasteiger partial charge >= 0.3 is 0 Å². The van der Waals surface area contributed by atoms with Crippen molar-refractivity contribution >= 4 is 0 Å². The molecule has 13 heavy (non-hydrogen) atoms. The fourth-order valence-electron chi connectivity index (χ4n) is 1.92. The Labute approximate surface area is 82.7 Å². The molecule has 0 aromatic rings. The Morgan fingerprint density at radius 3 is 2.92 bits per heavy atom. The van der Waals surface area contributed by atoms with Gasteiger partial charge in [0.1, 0.15) is 0 Å². The molecule has 0 aromatic heterocycles. The Morgan fingerprint density at radius 1 is 1.54 bits per heavy atom. The van der Waals surface area contributed by atoms with Crippen LogP contribution in [0.2, 0.25) is 0 Å². The van der Waals surface area contributed by atoms with Crippen molar-refractivity contribution in [3.8, 4) is 0 Å². The number of allylic oxidation sites excluding steroid dienone is 3. The molecule has 0 amide bonds. The van der Waals surface area contributed by atoms with Crippen molar-refractivity contribution in [3.63, 3.8) is 0 Å². The van der Waals surface area contributed by atoms with Crippen LogP contribution in [0.3, 0.4) is 0 Å². The van der Waals surface area contributed by atoms with E-state index in [1.54, 1.807) is 0 Å². The van der Waals surface area contributed by atoms with Crippen LogP contribution in [0.1, 0.15) is 52.4 Å². The van der Waals surface area contributed by atoms with Crippen molar-refractivity contribution in [2.45, 2.75) is 52.4 Å². The van der Waals surface area contributed by atoms with Crippen molar-refractivity contribution in [2.75, 3.05) is 0 Å². The summed E-state index contributed by atoms with van der Waals surface area (Å²) in [6.07, 6.45) is 10.2. The second-order valence-corrected chi connectivity index (χ2v) is 4.24. The minimum absolute atomic E-state index is 0.787. The molecule has 0 saturated heterocycles. The van der Waals surface area contributed by atoms with Crippen LogP contribution in [0.15, 0.2) is 23.8 Å². The van der Waals surface area contributed by atoms with E-state index in [0.717, 1.165) is 5.92 Å². The maximum atomic E-state index is 4.17. The molecule has 1 unspecified atom stereocenters. The van der Waals surface area contributed by atoms with Crippen LogP contribution in [-0.2, 0) is 0 Å². The third-order valence-electron chi connectivity index (χ3n) is 3.19. The fourth-order valence-corrected chi connectivity index (χ4v) is 1.92. The standard InChI is InChI=1S/C13H22/c1-4-11(2)9-10-13-8-6-5-7-12(13)3/h9,13H,3-8,10H2,1-2H3/b11-9-. The lowest BCUT2D eigenvalue weighted by molar-refractivity contribution is 0.457. The third kappa shape index (κ3) is 3.38.